The van der Waals surface area contributed by atoms with Gasteiger partial charge in [0.2, 0.25) is 11.7 Å². The molecule has 156 valence electrons. The van der Waals surface area contributed by atoms with Crippen molar-refractivity contribution in [2.75, 3.05) is 31.6 Å². The molecule has 8 nitrogen and oxygen atoms in total. The molecule has 1 N–H and O–H groups in total. The van der Waals surface area contributed by atoms with E-state index in [1.165, 1.54) is 5.56 Å². The summed E-state index contributed by atoms with van der Waals surface area (Å²) in [6, 6.07) is 15.0. The first kappa shape index (κ1) is 20.1. The minimum absolute atomic E-state index is 0.123. The van der Waals surface area contributed by atoms with Crippen LogP contribution in [0.4, 0.5) is 5.69 Å². The molecule has 1 amide bonds. The van der Waals surface area contributed by atoms with E-state index < -0.39 is 0 Å². The second-order valence-corrected chi connectivity index (χ2v) is 7.05. The molecule has 1 aromatic heterocycles. The van der Waals surface area contributed by atoms with Gasteiger partial charge in [-0.15, -0.1) is 0 Å². The van der Waals surface area contributed by atoms with Crippen LogP contribution < -0.4 is 10.1 Å². The third kappa shape index (κ3) is 5.22. The van der Waals surface area contributed by atoms with E-state index in [-0.39, 0.29) is 12.5 Å². The van der Waals surface area contributed by atoms with Gasteiger partial charge in [-0.2, -0.15) is 4.98 Å². The molecule has 1 fully saturated rings. The molecule has 4 rings (SSSR count). The lowest BCUT2D eigenvalue weighted by molar-refractivity contribution is 0.0342. The van der Waals surface area contributed by atoms with E-state index in [2.05, 4.69) is 20.4 Å². The van der Waals surface area contributed by atoms with Crippen molar-refractivity contribution in [2.24, 2.45) is 0 Å². The average molecular weight is 408 g/mol. The van der Waals surface area contributed by atoms with Crippen LogP contribution >= 0.6 is 0 Å². The molecule has 0 bridgehead atoms. The van der Waals surface area contributed by atoms with Gasteiger partial charge in [-0.05, 0) is 29.8 Å². The summed E-state index contributed by atoms with van der Waals surface area (Å²) in [5.74, 6) is 1.12. The van der Waals surface area contributed by atoms with Gasteiger partial charge in [-0.1, -0.05) is 29.4 Å². The highest BCUT2D eigenvalue weighted by molar-refractivity contribution is 6.06. The molecule has 0 spiro atoms. The maximum atomic E-state index is 12.8. The third-order valence-electron chi connectivity index (χ3n) is 4.78. The Balaban J connectivity index is 1.37. The number of amides is 1. The molecule has 3 aromatic rings. The van der Waals surface area contributed by atoms with Crippen LogP contribution in [0.15, 0.2) is 53.1 Å². The van der Waals surface area contributed by atoms with Gasteiger partial charge in [0, 0.05) is 32.2 Å². The maximum Gasteiger partial charge on any atom is 0.259 e. The number of aromatic nitrogens is 2. The summed E-state index contributed by atoms with van der Waals surface area (Å²) in [5, 5.41) is 6.73. The molecule has 30 heavy (non-hydrogen) atoms. The van der Waals surface area contributed by atoms with Gasteiger partial charge in [0.15, 0.2) is 6.61 Å². The Morgan fingerprint density at radius 1 is 1.13 bits per heavy atom. The number of hydrogen-bond donors (Lipinski definition) is 1. The van der Waals surface area contributed by atoms with E-state index in [0.29, 0.717) is 23.0 Å². The lowest BCUT2D eigenvalue weighted by atomic mass is 10.1. The number of morpholine rings is 1. The highest BCUT2D eigenvalue weighted by atomic mass is 16.5. The van der Waals surface area contributed by atoms with Crippen LogP contribution in [0.3, 0.4) is 0 Å². The van der Waals surface area contributed by atoms with Gasteiger partial charge >= 0.3 is 0 Å². The van der Waals surface area contributed by atoms with Crippen LogP contribution in [0.5, 0.6) is 5.75 Å². The Hall–Kier alpha value is -3.23. The number of benzene rings is 2. The number of hydrogen-bond acceptors (Lipinski definition) is 7. The zero-order chi connectivity index (χ0) is 20.8. The van der Waals surface area contributed by atoms with E-state index >= 15 is 0 Å². The van der Waals surface area contributed by atoms with Crippen molar-refractivity contribution in [1.29, 1.82) is 0 Å². The number of rotatable bonds is 7. The number of anilines is 1. The number of nitrogens with one attached hydrogen (secondary N) is 1. The normalized spacial score (nSPS) is 14.4. The zero-order valence-electron chi connectivity index (χ0n) is 16.8. The van der Waals surface area contributed by atoms with Gasteiger partial charge < -0.3 is 19.3 Å². The standard InChI is InChI=1S/C22H24N4O4/c1-16-23-21(25-30-16)15-29-20-5-3-2-4-19(20)22(27)24-18-8-6-17(7-9-18)14-26-10-12-28-13-11-26/h2-9H,10-15H2,1H3,(H,24,27). The number of nitrogens with zero attached hydrogens (tertiary/aromatic N) is 3. The minimum atomic E-state index is -0.240. The van der Waals surface area contributed by atoms with Crippen LogP contribution in [0.2, 0.25) is 0 Å². The summed E-state index contributed by atoms with van der Waals surface area (Å²) in [7, 11) is 0. The average Bonchev–Trinajstić information content (AvgIpc) is 3.20. The van der Waals surface area contributed by atoms with E-state index in [0.717, 1.165) is 38.5 Å². The second kappa shape index (κ2) is 9.51. The molecule has 1 saturated heterocycles. The Kier molecular flexibility index (Phi) is 6.36. The first-order chi connectivity index (χ1) is 14.7. The molecular weight excluding hydrogens is 384 g/mol. The molecule has 0 aliphatic carbocycles. The summed E-state index contributed by atoms with van der Waals surface area (Å²) in [5.41, 5.74) is 2.37. The maximum absolute atomic E-state index is 12.8. The van der Waals surface area contributed by atoms with Gasteiger partial charge in [0.05, 0.1) is 18.8 Å². The highest BCUT2D eigenvalue weighted by Crippen LogP contribution is 2.21. The third-order valence-corrected chi connectivity index (χ3v) is 4.78. The predicted octanol–water partition coefficient (Wildman–Crippen LogP) is 3.04. The summed E-state index contributed by atoms with van der Waals surface area (Å²) in [6.45, 7) is 6.16. The van der Waals surface area contributed by atoms with Gasteiger partial charge in [0.1, 0.15) is 5.75 Å². The summed E-state index contributed by atoms with van der Waals surface area (Å²) >= 11 is 0. The quantitative estimate of drug-likeness (QED) is 0.643. The van der Waals surface area contributed by atoms with Gasteiger partial charge in [-0.25, -0.2) is 0 Å². The van der Waals surface area contributed by atoms with E-state index in [4.69, 9.17) is 14.0 Å². The number of aryl methyl sites for hydroxylation is 1. The van der Waals surface area contributed by atoms with Crippen molar-refractivity contribution in [2.45, 2.75) is 20.1 Å². The largest absolute Gasteiger partial charge is 0.485 e. The fraction of sp³-hybridized carbons (Fsp3) is 0.318. The fourth-order valence-electron chi connectivity index (χ4n) is 3.23. The van der Waals surface area contributed by atoms with Crippen LogP contribution in [0, 0.1) is 6.92 Å². The molecular formula is C22H24N4O4. The van der Waals surface area contributed by atoms with Crippen LogP contribution in [0.1, 0.15) is 27.6 Å². The highest BCUT2D eigenvalue weighted by Gasteiger charge is 2.14. The zero-order valence-corrected chi connectivity index (χ0v) is 16.8. The van der Waals surface area contributed by atoms with Crippen molar-refractivity contribution in [3.05, 3.63) is 71.4 Å². The molecule has 0 saturated carbocycles. The Labute approximate surface area is 174 Å². The lowest BCUT2D eigenvalue weighted by Gasteiger charge is -2.26. The number of carbonyl (C=O) groups excluding carboxylic acids is 1. The van der Waals surface area contributed by atoms with Crippen molar-refractivity contribution in [3.63, 3.8) is 0 Å². The lowest BCUT2D eigenvalue weighted by Crippen LogP contribution is -2.35. The summed E-state index contributed by atoms with van der Waals surface area (Å²) in [4.78, 5) is 19.3. The number of ether oxygens (including phenoxy) is 2. The molecule has 1 aliphatic heterocycles. The Morgan fingerprint density at radius 2 is 1.90 bits per heavy atom. The monoisotopic (exact) mass is 408 g/mol. The minimum Gasteiger partial charge on any atom is -0.485 e. The van der Waals surface area contributed by atoms with E-state index in [9.17, 15) is 4.79 Å². The van der Waals surface area contributed by atoms with Crippen LogP contribution in [-0.4, -0.2) is 47.3 Å². The smallest absolute Gasteiger partial charge is 0.259 e. The van der Waals surface area contributed by atoms with Crippen molar-refractivity contribution >= 4 is 11.6 Å². The molecule has 2 aromatic carbocycles. The van der Waals surface area contributed by atoms with Crippen LogP contribution in [-0.2, 0) is 17.9 Å². The fourth-order valence-corrected chi connectivity index (χ4v) is 3.23. The molecule has 0 unspecified atom stereocenters. The van der Waals surface area contributed by atoms with Crippen LogP contribution in [0.25, 0.3) is 0 Å². The topological polar surface area (TPSA) is 89.7 Å². The van der Waals surface area contributed by atoms with E-state index in [1.807, 2.05) is 30.3 Å². The first-order valence-corrected chi connectivity index (χ1v) is 9.89. The SMILES string of the molecule is Cc1nc(COc2ccccc2C(=O)Nc2ccc(CN3CCOCC3)cc2)no1. The predicted molar refractivity (Wildman–Crippen MR) is 110 cm³/mol. The van der Waals surface area contributed by atoms with E-state index in [1.54, 1.807) is 25.1 Å². The molecule has 8 heteroatoms. The summed E-state index contributed by atoms with van der Waals surface area (Å²) in [6.07, 6.45) is 0. The Morgan fingerprint density at radius 3 is 2.63 bits per heavy atom. The van der Waals surface area contributed by atoms with Crippen molar-refractivity contribution in [3.8, 4) is 5.75 Å². The number of carbonyl (C=O) groups is 1. The molecule has 1 aliphatic rings. The van der Waals surface area contributed by atoms with Crippen molar-refractivity contribution in [1.82, 2.24) is 15.0 Å². The summed E-state index contributed by atoms with van der Waals surface area (Å²) < 4.78 is 16.1. The molecule has 0 radical (unpaired) electrons. The second-order valence-electron chi connectivity index (χ2n) is 7.05. The first-order valence-electron chi connectivity index (χ1n) is 9.89. The van der Waals surface area contributed by atoms with Crippen molar-refractivity contribution < 1.29 is 18.8 Å². The Bertz CT molecular complexity index is 981. The molecule has 0 atom stereocenters. The van der Waals surface area contributed by atoms with Gasteiger partial charge in [0.25, 0.3) is 5.91 Å². The van der Waals surface area contributed by atoms with Gasteiger partial charge in [-0.3, -0.25) is 9.69 Å². The number of para-hydroxylation sites is 1. The molecule has 2 heterocycles.